The van der Waals surface area contributed by atoms with Crippen molar-refractivity contribution in [3.63, 3.8) is 0 Å². The summed E-state index contributed by atoms with van der Waals surface area (Å²) in [6.45, 7) is 4.08. The van der Waals surface area contributed by atoms with Crippen LogP contribution in [0.1, 0.15) is 12.6 Å². The van der Waals surface area contributed by atoms with Gasteiger partial charge < -0.3 is 15.0 Å². The molecule has 1 aromatic heterocycles. The maximum Gasteiger partial charge on any atom is 0.310 e. The zero-order chi connectivity index (χ0) is 18.5. The average Bonchev–Trinajstić information content (AvgIpc) is 3.29. The van der Waals surface area contributed by atoms with E-state index < -0.39 is 0 Å². The van der Waals surface area contributed by atoms with E-state index in [-0.39, 0.29) is 17.8 Å². The highest BCUT2D eigenvalue weighted by molar-refractivity contribution is 7.13. The van der Waals surface area contributed by atoms with Gasteiger partial charge in [-0.2, -0.15) is 0 Å². The van der Waals surface area contributed by atoms with Crippen molar-refractivity contribution < 1.29 is 9.53 Å². The zero-order valence-electron chi connectivity index (χ0n) is 15.3. The molecule has 0 amide bonds. The molecule has 1 aliphatic rings. The summed E-state index contributed by atoms with van der Waals surface area (Å²) < 4.78 is 4.91. The number of thiazole rings is 1. The number of aliphatic imine (C=N–C) groups is 1. The van der Waals surface area contributed by atoms with E-state index >= 15 is 0 Å². The summed E-state index contributed by atoms with van der Waals surface area (Å²) in [7, 11) is 3.20. The van der Waals surface area contributed by atoms with E-state index in [1.807, 2.05) is 18.2 Å². The highest BCUT2D eigenvalue weighted by Crippen LogP contribution is 2.25. The Kier molecular flexibility index (Phi) is 5.88. The van der Waals surface area contributed by atoms with E-state index in [0.717, 1.165) is 28.8 Å². The predicted octanol–water partition coefficient (Wildman–Crippen LogP) is 2.63. The molecule has 2 atom stereocenters. The fraction of sp³-hybridized carbons (Fsp3) is 0.421. The van der Waals surface area contributed by atoms with Crippen molar-refractivity contribution in [3.8, 4) is 10.6 Å². The standard InChI is InChI=1S/C19H24N4O2S/c1-13-10-23(11-16(13)18(24)25-3)19(20-2)21-9-15-12-26-17(22-15)14-7-5-4-6-8-14/h4-8,12-13,16H,9-11H2,1-3H3,(H,20,21). The van der Waals surface area contributed by atoms with Crippen molar-refractivity contribution in [2.75, 3.05) is 27.2 Å². The molecule has 1 aromatic carbocycles. The summed E-state index contributed by atoms with van der Waals surface area (Å²) in [5, 5.41) is 6.43. The maximum atomic E-state index is 11.9. The molecule has 1 N–H and O–H groups in total. The first-order valence-electron chi connectivity index (χ1n) is 8.65. The highest BCUT2D eigenvalue weighted by atomic mass is 32.1. The summed E-state index contributed by atoms with van der Waals surface area (Å²) in [4.78, 5) is 23.0. The second kappa shape index (κ2) is 8.31. The Balaban J connectivity index is 1.60. The number of esters is 1. The number of aromatic nitrogens is 1. The van der Waals surface area contributed by atoms with Crippen molar-refractivity contribution in [3.05, 3.63) is 41.4 Å². The fourth-order valence-electron chi connectivity index (χ4n) is 3.20. The first-order valence-corrected chi connectivity index (χ1v) is 9.53. The van der Waals surface area contributed by atoms with Crippen molar-refractivity contribution in [2.45, 2.75) is 13.5 Å². The van der Waals surface area contributed by atoms with E-state index in [1.54, 1.807) is 18.4 Å². The molecule has 0 saturated carbocycles. The van der Waals surface area contributed by atoms with Gasteiger partial charge in [0.25, 0.3) is 0 Å². The van der Waals surface area contributed by atoms with Gasteiger partial charge in [0.15, 0.2) is 5.96 Å². The third-order valence-corrected chi connectivity index (χ3v) is 5.57. The number of nitrogens with zero attached hydrogens (tertiary/aromatic N) is 3. The minimum Gasteiger partial charge on any atom is -0.469 e. The van der Waals surface area contributed by atoms with Crippen LogP contribution >= 0.6 is 11.3 Å². The number of hydrogen-bond acceptors (Lipinski definition) is 5. The lowest BCUT2D eigenvalue weighted by Crippen LogP contribution is -2.40. The molecule has 1 aliphatic heterocycles. The molecular formula is C19H24N4O2S. The van der Waals surface area contributed by atoms with Gasteiger partial charge in [-0.1, -0.05) is 37.3 Å². The normalized spacial score (nSPS) is 20.3. The third-order valence-electron chi connectivity index (χ3n) is 4.63. The molecule has 138 valence electrons. The number of guanidine groups is 1. The first kappa shape index (κ1) is 18.4. The fourth-order valence-corrected chi connectivity index (χ4v) is 4.03. The van der Waals surface area contributed by atoms with Crippen molar-refractivity contribution in [1.29, 1.82) is 0 Å². The second-order valence-corrected chi connectivity index (χ2v) is 7.28. The summed E-state index contributed by atoms with van der Waals surface area (Å²) in [6, 6.07) is 10.2. The smallest absolute Gasteiger partial charge is 0.310 e. The van der Waals surface area contributed by atoms with Gasteiger partial charge in [0.1, 0.15) is 5.01 Å². The average molecular weight is 372 g/mol. The van der Waals surface area contributed by atoms with Crippen LogP contribution in [0.4, 0.5) is 0 Å². The maximum absolute atomic E-state index is 11.9. The second-order valence-electron chi connectivity index (χ2n) is 6.42. The van der Waals surface area contributed by atoms with Gasteiger partial charge in [0, 0.05) is 31.1 Å². The lowest BCUT2D eigenvalue weighted by Gasteiger charge is -2.21. The Morgan fingerprint density at radius 1 is 1.38 bits per heavy atom. The van der Waals surface area contributed by atoms with Crippen LogP contribution in [-0.2, 0) is 16.1 Å². The number of nitrogens with one attached hydrogen (secondary N) is 1. The van der Waals surface area contributed by atoms with E-state index in [2.05, 4.69) is 39.6 Å². The molecule has 2 aromatic rings. The van der Waals surface area contributed by atoms with Crippen LogP contribution in [0.25, 0.3) is 10.6 Å². The largest absolute Gasteiger partial charge is 0.469 e. The molecule has 1 saturated heterocycles. The molecule has 26 heavy (non-hydrogen) atoms. The molecule has 0 spiro atoms. The minimum absolute atomic E-state index is 0.109. The molecule has 6 nitrogen and oxygen atoms in total. The lowest BCUT2D eigenvalue weighted by molar-refractivity contribution is -0.145. The van der Waals surface area contributed by atoms with E-state index in [1.165, 1.54) is 7.11 Å². The monoisotopic (exact) mass is 372 g/mol. The van der Waals surface area contributed by atoms with Crippen LogP contribution in [0.5, 0.6) is 0 Å². The summed E-state index contributed by atoms with van der Waals surface area (Å²) in [6.07, 6.45) is 0. The van der Waals surface area contributed by atoms with Crippen LogP contribution in [0, 0.1) is 11.8 Å². The van der Waals surface area contributed by atoms with Gasteiger partial charge in [0.05, 0.1) is 25.3 Å². The van der Waals surface area contributed by atoms with Gasteiger partial charge in [-0.05, 0) is 5.92 Å². The van der Waals surface area contributed by atoms with Gasteiger partial charge in [-0.25, -0.2) is 4.98 Å². The number of methoxy groups -OCH3 is 1. The quantitative estimate of drug-likeness (QED) is 0.508. The van der Waals surface area contributed by atoms with Crippen LogP contribution < -0.4 is 5.32 Å². The Bertz CT molecular complexity index is 775. The Morgan fingerprint density at radius 2 is 2.15 bits per heavy atom. The summed E-state index contributed by atoms with van der Waals surface area (Å²) >= 11 is 1.64. The van der Waals surface area contributed by atoms with E-state index in [4.69, 9.17) is 9.72 Å². The number of benzene rings is 1. The topological polar surface area (TPSA) is 66.8 Å². The molecular weight excluding hydrogens is 348 g/mol. The molecule has 3 rings (SSSR count). The number of hydrogen-bond donors (Lipinski definition) is 1. The van der Waals surface area contributed by atoms with Crippen LogP contribution in [0.15, 0.2) is 40.7 Å². The number of carbonyl (C=O) groups is 1. The Hall–Kier alpha value is -2.41. The van der Waals surface area contributed by atoms with Crippen molar-refractivity contribution in [1.82, 2.24) is 15.2 Å². The van der Waals surface area contributed by atoms with Gasteiger partial charge in [-0.3, -0.25) is 9.79 Å². The zero-order valence-corrected chi connectivity index (χ0v) is 16.1. The van der Waals surface area contributed by atoms with Crippen molar-refractivity contribution >= 4 is 23.3 Å². The highest BCUT2D eigenvalue weighted by Gasteiger charge is 2.36. The summed E-state index contributed by atoms with van der Waals surface area (Å²) in [5.41, 5.74) is 2.11. The lowest BCUT2D eigenvalue weighted by atomic mass is 9.99. The Labute approximate surface area is 157 Å². The van der Waals surface area contributed by atoms with Gasteiger partial charge >= 0.3 is 5.97 Å². The van der Waals surface area contributed by atoms with E-state index in [0.29, 0.717) is 13.1 Å². The number of carbonyl (C=O) groups excluding carboxylic acids is 1. The van der Waals surface area contributed by atoms with E-state index in [9.17, 15) is 4.79 Å². The molecule has 2 heterocycles. The van der Waals surface area contributed by atoms with Gasteiger partial charge in [0.2, 0.25) is 0 Å². The molecule has 2 unspecified atom stereocenters. The number of rotatable bonds is 4. The molecule has 1 fully saturated rings. The third kappa shape index (κ3) is 4.04. The number of likely N-dealkylation sites (tertiary alicyclic amines) is 1. The predicted molar refractivity (Wildman–Crippen MR) is 104 cm³/mol. The Morgan fingerprint density at radius 3 is 2.85 bits per heavy atom. The van der Waals surface area contributed by atoms with Gasteiger partial charge in [-0.15, -0.1) is 11.3 Å². The first-order chi connectivity index (χ1) is 12.6. The molecule has 7 heteroatoms. The van der Waals surface area contributed by atoms with Crippen LogP contribution in [0.3, 0.4) is 0 Å². The number of ether oxygens (including phenoxy) is 1. The van der Waals surface area contributed by atoms with Crippen LogP contribution in [0.2, 0.25) is 0 Å². The van der Waals surface area contributed by atoms with Crippen LogP contribution in [-0.4, -0.2) is 49.1 Å². The van der Waals surface area contributed by atoms with Crippen molar-refractivity contribution in [2.24, 2.45) is 16.8 Å². The molecule has 0 aliphatic carbocycles. The SMILES string of the molecule is CN=C(NCc1csc(-c2ccccc2)n1)N1CC(C)C(C(=O)OC)C1. The minimum atomic E-state index is -0.151. The summed E-state index contributed by atoms with van der Waals surface area (Å²) in [5.74, 6) is 0.771. The molecule has 0 radical (unpaired) electrons. The molecule has 0 bridgehead atoms.